The molecular formula is C10H20N3O3PS. The van der Waals surface area contributed by atoms with Crippen LogP contribution in [0, 0.1) is 0 Å². The molecule has 0 aliphatic carbocycles. The fraction of sp³-hybridized carbons (Fsp3) is 0.800. The molecule has 1 aromatic rings. The third-order valence-corrected chi connectivity index (χ3v) is 5.08. The average molecular weight is 293 g/mol. The number of hydrogen-bond acceptors (Lipinski definition) is 7. The van der Waals surface area contributed by atoms with Crippen molar-refractivity contribution in [1.29, 1.82) is 0 Å². The molecule has 0 amide bonds. The lowest BCUT2D eigenvalue weighted by atomic mass is 10.5. The Bertz CT molecular complexity index is 408. The largest absolute Gasteiger partial charge is 0.363 e. The highest BCUT2D eigenvalue weighted by molar-refractivity contribution is 7.53. The van der Waals surface area contributed by atoms with Crippen LogP contribution in [0.25, 0.3) is 0 Å². The van der Waals surface area contributed by atoms with Crippen LogP contribution in [0.15, 0.2) is 0 Å². The molecule has 0 fully saturated rings. The van der Waals surface area contributed by atoms with Gasteiger partial charge in [-0.15, -0.1) is 10.2 Å². The number of anilines is 1. The molecule has 0 bridgehead atoms. The van der Waals surface area contributed by atoms with Gasteiger partial charge in [-0.3, -0.25) is 4.57 Å². The lowest BCUT2D eigenvalue weighted by Crippen LogP contribution is -2.09. The molecule has 0 spiro atoms. The Morgan fingerprint density at radius 1 is 1.22 bits per heavy atom. The molecule has 1 rings (SSSR count). The molecule has 1 N–H and O–H groups in total. The molecule has 18 heavy (non-hydrogen) atoms. The van der Waals surface area contributed by atoms with Crippen LogP contribution < -0.4 is 5.32 Å². The zero-order valence-corrected chi connectivity index (χ0v) is 13.0. The number of rotatable bonds is 7. The topological polar surface area (TPSA) is 73.3 Å². The zero-order valence-electron chi connectivity index (χ0n) is 11.3. The monoisotopic (exact) mass is 293 g/mol. The highest BCUT2D eigenvalue weighted by Gasteiger charge is 2.29. The van der Waals surface area contributed by atoms with Gasteiger partial charge in [0, 0.05) is 7.05 Å². The SMILES string of the molecule is CNc1nnc(CP(=O)(OC(C)C)OC(C)C)s1. The van der Waals surface area contributed by atoms with Crippen LogP contribution >= 0.6 is 18.9 Å². The molecule has 1 aromatic heterocycles. The Morgan fingerprint density at radius 3 is 2.17 bits per heavy atom. The molecular weight excluding hydrogens is 273 g/mol. The Morgan fingerprint density at radius 2 is 1.78 bits per heavy atom. The summed E-state index contributed by atoms with van der Waals surface area (Å²) in [6, 6.07) is 0. The second kappa shape index (κ2) is 6.61. The van der Waals surface area contributed by atoms with Gasteiger partial charge in [0.2, 0.25) is 5.13 Å². The summed E-state index contributed by atoms with van der Waals surface area (Å²) >= 11 is 1.35. The first-order chi connectivity index (χ1) is 8.34. The van der Waals surface area contributed by atoms with Crippen molar-refractivity contribution in [3.05, 3.63) is 5.01 Å². The van der Waals surface area contributed by atoms with E-state index in [1.165, 1.54) is 11.3 Å². The lowest BCUT2D eigenvalue weighted by Gasteiger charge is -2.21. The van der Waals surface area contributed by atoms with Gasteiger partial charge < -0.3 is 14.4 Å². The number of nitrogens with one attached hydrogen (secondary N) is 1. The van der Waals surface area contributed by atoms with Crippen LogP contribution in [0.1, 0.15) is 32.7 Å². The van der Waals surface area contributed by atoms with E-state index < -0.39 is 7.60 Å². The highest BCUT2D eigenvalue weighted by Crippen LogP contribution is 2.53. The zero-order chi connectivity index (χ0) is 13.8. The molecule has 0 saturated carbocycles. The molecule has 8 heteroatoms. The summed E-state index contributed by atoms with van der Waals surface area (Å²) in [6.45, 7) is 7.32. The molecule has 1 heterocycles. The number of nitrogens with zero attached hydrogens (tertiary/aromatic N) is 2. The Labute approximate surface area is 112 Å². The van der Waals surface area contributed by atoms with Gasteiger partial charge in [-0.1, -0.05) is 11.3 Å². The molecule has 0 aliphatic heterocycles. The van der Waals surface area contributed by atoms with E-state index in [2.05, 4.69) is 15.5 Å². The lowest BCUT2D eigenvalue weighted by molar-refractivity contribution is 0.141. The summed E-state index contributed by atoms with van der Waals surface area (Å²) in [5.74, 6) is 0. The van der Waals surface area contributed by atoms with Gasteiger partial charge in [-0.05, 0) is 27.7 Å². The van der Waals surface area contributed by atoms with E-state index >= 15 is 0 Å². The third kappa shape index (κ3) is 5.02. The first-order valence-corrected chi connectivity index (χ1v) is 8.35. The van der Waals surface area contributed by atoms with Gasteiger partial charge in [0.25, 0.3) is 0 Å². The van der Waals surface area contributed by atoms with Gasteiger partial charge in [0.05, 0.1) is 12.2 Å². The Balaban J connectivity index is 2.80. The third-order valence-electron chi connectivity index (χ3n) is 1.75. The first kappa shape index (κ1) is 15.6. The quantitative estimate of drug-likeness (QED) is 0.779. The second-order valence-corrected chi connectivity index (χ2v) is 7.35. The summed E-state index contributed by atoms with van der Waals surface area (Å²) in [5.41, 5.74) is 0. The minimum Gasteiger partial charge on any atom is -0.363 e. The predicted octanol–water partition coefficient (Wildman–Crippen LogP) is 3.12. The van der Waals surface area contributed by atoms with Crippen LogP contribution in [-0.4, -0.2) is 29.5 Å². The van der Waals surface area contributed by atoms with E-state index in [9.17, 15) is 4.57 Å². The normalized spacial score (nSPS) is 12.4. The minimum absolute atomic E-state index is 0.155. The van der Waals surface area contributed by atoms with E-state index in [-0.39, 0.29) is 18.4 Å². The van der Waals surface area contributed by atoms with Crippen LogP contribution in [0.5, 0.6) is 0 Å². The predicted molar refractivity (Wildman–Crippen MR) is 73.2 cm³/mol. The summed E-state index contributed by atoms with van der Waals surface area (Å²) < 4.78 is 23.5. The summed E-state index contributed by atoms with van der Waals surface area (Å²) in [4.78, 5) is 0. The molecule has 0 unspecified atom stereocenters. The van der Waals surface area contributed by atoms with Crippen molar-refractivity contribution in [2.24, 2.45) is 0 Å². The molecule has 0 saturated heterocycles. The highest BCUT2D eigenvalue weighted by atomic mass is 32.1. The molecule has 0 atom stereocenters. The van der Waals surface area contributed by atoms with Crippen molar-refractivity contribution in [3.8, 4) is 0 Å². The van der Waals surface area contributed by atoms with Gasteiger partial charge in [-0.2, -0.15) is 0 Å². The average Bonchev–Trinajstić information content (AvgIpc) is 2.61. The molecule has 6 nitrogen and oxygen atoms in total. The summed E-state index contributed by atoms with van der Waals surface area (Å²) in [5, 5.41) is 12.1. The van der Waals surface area contributed by atoms with Gasteiger partial charge >= 0.3 is 7.60 Å². The van der Waals surface area contributed by atoms with Crippen LogP contribution in [0.4, 0.5) is 5.13 Å². The second-order valence-electron chi connectivity index (χ2n) is 4.33. The first-order valence-electron chi connectivity index (χ1n) is 5.80. The van der Waals surface area contributed by atoms with Crippen molar-refractivity contribution < 1.29 is 13.6 Å². The fourth-order valence-corrected chi connectivity index (χ4v) is 4.43. The van der Waals surface area contributed by atoms with Gasteiger partial charge in [0.1, 0.15) is 11.2 Å². The van der Waals surface area contributed by atoms with E-state index in [4.69, 9.17) is 9.05 Å². The molecule has 0 aromatic carbocycles. The Kier molecular flexibility index (Phi) is 5.72. The minimum atomic E-state index is -3.17. The van der Waals surface area contributed by atoms with Gasteiger partial charge in [-0.25, -0.2) is 0 Å². The van der Waals surface area contributed by atoms with Crippen molar-refractivity contribution in [3.63, 3.8) is 0 Å². The van der Waals surface area contributed by atoms with Crippen molar-refractivity contribution >= 4 is 24.1 Å². The van der Waals surface area contributed by atoms with E-state index in [0.717, 1.165) is 0 Å². The number of aromatic nitrogens is 2. The van der Waals surface area contributed by atoms with Crippen molar-refractivity contribution in [2.75, 3.05) is 12.4 Å². The van der Waals surface area contributed by atoms with E-state index in [1.54, 1.807) is 7.05 Å². The maximum atomic E-state index is 12.6. The smallest absolute Gasteiger partial charge is 0.338 e. The van der Waals surface area contributed by atoms with E-state index in [1.807, 2.05) is 27.7 Å². The van der Waals surface area contributed by atoms with Gasteiger partial charge in [0.15, 0.2) is 0 Å². The maximum Gasteiger partial charge on any atom is 0.338 e. The van der Waals surface area contributed by atoms with Crippen molar-refractivity contribution in [2.45, 2.75) is 46.1 Å². The van der Waals surface area contributed by atoms with Crippen molar-refractivity contribution in [1.82, 2.24) is 10.2 Å². The van der Waals surface area contributed by atoms with E-state index in [0.29, 0.717) is 10.1 Å². The van der Waals surface area contributed by atoms with Crippen LogP contribution in [0.2, 0.25) is 0 Å². The van der Waals surface area contributed by atoms with Crippen LogP contribution in [-0.2, 0) is 19.8 Å². The Hall–Kier alpha value is -0.490. The standard InChI is InChI=1S/C10H20N3O3PS/c1-7(2)15-17(14,16-8(3)4)6-9-12-13-10(11-5)18-9/h7-8H,6H2,1-5H3,(H,11,13). The maximum absolute atomic E-state index is 12.6. The molecule has 0 aliphatic rings. The molecule has 104 valence electrons. The fourth-order valence-electron chi connectivity index (χ4n) is 1.33. The van der Waals surface area contributed by atoms with Crippen LogP contribution in [0.3, 0.4) is 0 Å². The molecule has 0 radical (unpaired) electrons. The summed E-state index contributed by atoms with van der Waals surface area (Å²) in [7, 11) is -1.41. The summed E-state index contributed by atoms with van der Waals surface area (Å²) in [6.07, 6.45) is -0.166. The number of hydrogen-bond donors (Lipinski definition) is 1.